The van der Waals surface area contributed by atoms with Crippen LogP contribution in [0.1, 0.15) is 11.1 Å². The lowest BCUT2D eigenvalue weighted by Crippen LogP contribution is -2.32. The first-order chi connectivity index (χ1) is 18.0. The topological polar surface area (TPSA) is 133 Å². The van der Waals surface area contributed by atoms with Crippen LogP contribution in [0, 0.1) is 17.0 Å². The lowest BCUT2D eigenvalue weighted by atomic mass is 10.2. The number of carbonyl (C=O) groups is 2. The van der Waals surface area contributed by atoms with Gasteiger partial charge in [0.25, 0.3) is 16.8 Å². The van der Waals surface area contributed by atoms with E-state index in [4.69, 9.17) is 20.5 Å². The summed E-state index contributed by atoms with van der Waals surface area (Å²) in [7, 11) is -4.32. The molecule has 3 aromatic carbocycles. The van der Waals surface area contributed by atoms with Crippen LogP contribution < -0.4 is 8.92 Å². The summed E-state index contributed by atoms with van der Waals surface area (Å²) in [6, 6.07) is 16.0. The fourth-order valence-electron chi connectivity index (χ4n) is 3.37. The van der Waals surface area contributed by atoms with E-state index in [0.717, 1.165) is 22.7 Å². The Bertz CT molecular complexity index is 1540. The van der Waals surface area contributed by atoms with Crippen molar-refractivity contribution in [3.05, 3.63) is 97.9 Å². The van der Waals surface area contributed by atoms with Crippen molar-refractivity contribution in [3.8, 4) is 11.5 Å². The molecule has 1 heterocycles. The maximum Gasteiger partial charge on any atom is 0.339 e. The summed E-state index contributed by atoms with van der Waals surface area (Å²) in [5.74, 6) is 0.0586. The standard InChI is InChI=1S/C25H19ClN2O8S2/c1-16-2-11-21(15-22(16)28(31)32)38(33,34)36-20-7-3-17(4-8-20)14-23-24(29)27(25(30)37-23)12-13-35-19-9-5-18(26)6-10-19/h2-11,14-15H,12-13H2,1H3/b23-14-. The first-order valence-electron chi connectivity index (χ1n) is 11.0. The molecular formula is C25H19ClN2O8S2. The summed E-state index contributed by atoms with van der Waals surface area (Å²) in [4.78, 5) is 36.4. The Hall–Kier alpha value is -3.87. The minimum absolute atomic E-state index is 0.0298. The van der Waals surface area contributed by atoms with Crippen molar-refractivity contribution in [2.45, 2.75) is 11.8 Å². The van der Waals surface area contributed by atoms with Crippen LogP contribution in [0.3, 0.4) is 0 Å². The van der Waals surface area contributed by atoms with Gasteiger partial charge in [-0.2, -0.15) is 8.42 Å². The SMILES string of the molecule is Cc1ccc(S(=O)(=O)Oc2ccc(/C=C3\SC(=O)N(CCOc4ccc(Cl)cc4)C3=O)cc2)cc1[N+](=O)[O-]. The number of ether oxygens (including phenoxy) is 1. The summed E-state index contributed by atoms with van der Waals surface area (Å²) in [6.45, 7) is 1.67. The number of carbonyl (C=O) groups excluding carboxylic acids is 2. The van der Waals surface area contributed by atoms with Crippen LogP contribution in [0.4, 0.5) is 10.5 Å². The van der Waals surface area contributed by atoms with Crippen LogP contribution in [0.5, 0.6) is 11.5 Å². The number of hydrogen-bond acceptors (Lipinski definition) is 9. The predicted octanol–water partition coefficient (Wildman–Crippen LogP) is 5.44. The molecule has 38 heavy (non-hydrogen) atoms. The highest BCUT2D eigenvalue weighted by Crippen LogP contribution is 2.32. The molecule has 1 aliphatic heterocycles. The summed E-state index contributed by atoms with van der Waals surface area (Å²) >= 11 is 6.62. The van der Waals surface area contributed by atoms with Crippen LogP contribution >= 0.6 is 23.4 Å². The lowest BCUT2D eigenvalue weighted by Gasteiger charge is -2.13. The van der Waals surface area contributed by atoms with Crippen molar-refractivity contribution in [1.29, 1.82) is 0 Å². The molecule has 10 nitrogen and oxygen atoms in total. The molecule has 0 atom stereocenters. The van der Waals surface area contributed by atoms with E-state index in [1.54, 1.807) is 24.3 Å². The zero-order chi connectivity index (χ0) is 27.4. The van der Waals surface area contributed by atoms with E-state index in [-0.39, 0.29) is 34.4 Å². The van der Waals surface area contributed by atoms with Gasteiger partial charge in [-0.25, -0.2) is 0 Å². The highest BCUT2D eigenvalue weighted by molar-refractivity contribution is 8.18. The summed E-state index contributed by atoms with van der Waals surface area (Å²) in [5.41, 5.74) is 0.510. The van der Waals surface area contributed by atoms with Gasteiger partial charge >= 0.3 is 10.1 Å². The molecule has 0 bridgehead atoms. The Labute approximate surface area is 227 Å². The Balaban J connectivity index is 1.40. The second kappa shape index (κ2) is 11.3. The normalized spacial score (nSPS) is 14.7. The van der Waals surface area contributed by atoms with Gasteiger partial charge in [-0.3, -0.25) is 24.6 Å². The number of halogens is 1. The van der Waals surface area contributed by atoms with E-state index in [0.29, 0.717) is 21.9 Å². The van der Waals surface area contributed by atoms with Gasteiger partial charge in [0.2, 0.25) is 0 Å². The maximum atomic E-state index is 12.7. The van der Waals surface area contributed by atoms with Crippen molar-refractivity contribution in [1.82, 2.24) is 4.90 Å². The van der Waals surface area contributed by atoms with Crippen molar-refractivity contribution >= 4 is 56.4 Å². The number of nitro groups is 1. The summed E-state index contributed by atoms with van der Waals surface area (Å²) < 4.78 is 35.8. The molecule has 4 rings (SSSR count). The van der Waals surface area contributed by atoms with Crippen LogP contribution in [-0.2, 0) is 14.9 Å². The van der Waals surface area contributed by atoms with Crippen LogP contribution in [0.25, 0.3) is 6.08 Å². The van der Waals surface area contributed by atoms with E-state index in [1.807, 2.05) is 0 Å². The maximum absolute atomic E-state index is 12.7. The van der Waals surface area contributed by atoms with Gasteiger partial charge in [0, 0.05) is 16.7 Å². The minimum atomic E-state index is -4.32. The monoisotopic (exact) mass is 574 g/mol. The van der Waals surface area contributed by atoms with Gasteiger partial charge in [-0.1, -0.05) is 29.8 Å². The quantitative estimate of drug-likeness (QED) is 0.142. The van der Waals surface area contributed by atoms with Crippen molar-refractivity contribution < 1.29 is 31.9 Å². The number of nitrogens with zero attached hydrogens (tertiary/aromatic N) is 2. The zero-order valence-corrected chi connectivity index (χ0v) is 22.1. The summed E-state index contributed by atoms with van der Waals surface area (Å²) in [6.07, 6.45) is 1.51. The van der Waals surface area contributed by atoms with Crippen LogP contribution in [-0.4, -0.2) is 42.5 Å². The molecule has 0 unspecified atom stereocenters. The van der Waals surface area contributed by atoms with E-state index >= 15 is 0 Å². The Morgan fingerprint density at radius 1 is 1.03 bits per heavy atom. The lowest BCUT2D eigenvalue weighted by molar-refractivity contribution is -0.385. The average molecular weight is 575 g/mol. The van der Waals surface area contributed by atoms with Gasteiger partial charge in [0.15, 0.2) is 0 Å². The predicted molar refractivity (Wildman–Crippen MR) is 142 cm³/mol. The number of aryl methyl sites for hydroxylation is 1. The van der Waals surface area contributed by atoms with E-state index in [1.165, 1.54) is 49.4 Å². The van der Waals surface area contributed by atoms with Gasteiger partial charge < -0.3 is 8.92 Å². The van der Waals surface area contributed by atoms with Gasteiger partial charge in [0.1, 0.15) is 23.0 Å². The number of imide groups is 1. The third-order valence-corrected chi connectivity index (χ3v) is 7.72. The number of thioether (sulfide) groups is 1. The molecule has 2 amide bonds. The highest BCUT2D eigenvalue weighted by atomic mass is 35.5. The highest BCUT2D eigenvalue weighted by Gasteiger charge is 2.34. The van der Waals surface area contributed by atoms with E-state index in [9.17, 15) is 28.1 Å². The van der Waals surface area contributed by atoms with Gasteiger partial charge in [-0.05, 0) is 72.8 Å². The molecule has 0 aliphatic carbocycles. The Morgan fingerprint density at radius 3 is 2.34 bits per heavy atom. The number of nitro benzene ring substituents is 1. The summed E-state index contributed by atoms with van der Waals surface area (Å²) in [5, 5.41) is 11.3. The minimum Gasteiger partial charge on any atom is -0.492 e. The molecule has 0 N–H and O–H groups in total. The average Bonchev–Trinajstić information content (AvgIpc) is 3.13. The molecular weight excluding hydrogens is 556 g/mol. The van der Waals surface area contributed by atoms with Gasteiger partial charge in [0.05, 0.1) is 16.4 Å². The van der Waals surface area contributed by atoms with E-state index < -0.39 is 26.2 Å². The smallest absolute Gasteiger partial charge is 0.339 e. The fourth-order valence-corrected chi connectivity index (χ4v) is 5.31. The molecule has 3 aromatic rings. The second-order valence-electron chi connectivity index (χ2n) is 7.95. The first-order valence-corrected chi connectivity index (χ1v) is 13.6. The van der Waals surface area contributed by atoms with Crippen molar-refractivity contribution in [2.24, 2.45) is 0 Å². The number of hydrogen-bond donors (Lipinski definition) is 0. The van der Waals surface area contributed by atoms with Crippen LogP contribution in [0.2, 0.25) is 5.02 Å². The largest absolute Gasteiger partial charge is 0.492 e. The molecule has 0 spiro atoms. The number of rotatable bonds is 9. The molecule has 0 saturated carbocycles. The molecule has 1 fully saturated rings. The zero-order valence-electron chi connectivity index (χ0n) is 19.7. The third-order valence-electron chi connectivity index (χ3n) is 5.32. The molecule has 196 valence electrons. The molecule has 13 heteroatoms. The van der Waals surface area contributed by atoms with Gasteiger partial charge in [-0.15, -0.1) is 0 Å². The van der Waals surface area contributed by atoms with E-state index in [2.05, 4.69) is 0 Å². The molecule has 1 saturated heterocycles. The number of amides is 2. The first kappa shape index (κ1) is 27.2. The second-order valence-corrected chi connectivity index (χ2v) is 10.9. The van der Waals surface area contributed by atoms with Crippen LogP contribution in [0.15, 0.2) is 76.5 Å². The van der Waals surface area contributed by atoms with Crippen molar-refractivity contribution in [2.75, 3.05) is 13.2 Å². The molecule has 0 radical (unpaired) electrons. The third kappa shape index (κ3) is 6.33. The number of benzene rings is 3. The Kier molecular flexibility index (Phi) is 8.05. The molecule has 1 aliphatic rings. The fraction of sp³-hybridized carbons (Fsp3) is 0.120. The van der Waals surface area contributed by atoms with Crippen molar-refractivity contribution in [3.63, 3.8) is 0 Å². The molecule has 0 aromatic heterocycles. The Morgan fingerprint density at radius 2 is 1.68 bits per heavy atom.